The quantitative estimate of drug-likeness (QED) is 0.812. The normalized spacial score (nSPS) is 13.2. The van der Waals surface area contributed by atoms with Crippen molar-refractivity contribution in [1.29, 1.82) is 0 Å². The molecule has 2 N–H and O–H groups in total. The van der Waals surface area contributed by atoms with E-state index in [-0.39, 0.29) is 6.10 Å². The summed E-state index contributed by atoms with van der Waals surface area (Å²) >= 11 is 1.39. The molecule has 0 amide bonds. The van der Waals surface area contributed by atoms with Gasteiger partial charge < -0.3 is 10.5 Å². The summed E-state index contributed by atoms with van der Waals surface area (Å²) in [7, 11) is 0. The van der Waals surface area contributed by atoms with Crippen molar-refractivity contribution >= 4 is 16.3 Å². The van der Waals surface area contributed by atoms with E-state index in [2.05, 4.69) is 25.8 Å². The molecule has 1 rings (SSSR count). The molecule has 1 atom stereocenters. The van der Waals surface area contributed by atoms with E-state index in [1.54, 1.807) is 6.20 Å². The molecule has 0 aliphatic rings. The summed E-state index contributed by atoms with van der Waals surface area (Å²) in [5, 5.41) is 1.37. The van der Waals surface area contributed by atoms with Gasteiger partial charge in [0.15, 0.2) is 0 Å². The summed E-state index contributed by atoms with van der Waals surface area (Å²) in [6.45, 7) is 6.41. The van der Waals surface area contributed by atoms with Gasteiger partial charge in [-0.1, -0.05) is 25.2 Å². The van der Waals surface area contributed by atoms with Crippen LogP contribution in [0.2, 0.25) is 0 Å². The van der Waals surface area contributed by atoms with Crippen molar-refractivity contribution in [3.8, 4) is 5.19 Å². The minimum Gasteiger partial charge on any atom is -0.467 e. The molecule has 4 heteroatoms. The van der Waals surface area contributed by atoms with Crippen LogP contribution in [0.15, 0.2) is 6.20 Å². The number of ether oxygens (including phenoxy) is 1. The molecule has 0 radical (unpaired) electrons. The molecule has 0 saturated heterocycles. The molecule has 0 saturated carbocycles. The van der Waals surface area contributed by atoms with Gasteiger partial charge in [0.2, 0.25) is 0 Å². The molecule has 0 aromatic carbocycles. The van der Waals surface area contributed by atoms with E-state index >= 15 is 0 Å². The molecule has 1 aromatic heterocycles. The van der Waals surface area contributed by atoms with Crippen LogP contribution in [-0.4, -0.2) is 11.1 Å². The highest BCUT2D eigenvalue weighted by Crippen LogP contribution is 2.24. The van der Waals surface area contributed by atoms with Crippen LogP contribution < -0.4 is 10.5 Å². The number of nitrogens with two attached hydrogens (primary N) is 1. The van der Waals surface area contributed by atoms with Crippen LogP contribution in [-0.2, 0) is 0 Å². The Kier molecular flexibility index (Phi) is 3.54. The molecular weight excluding hydrogens is 184 g/mol. The average Bonchev–Trinajstić information content (AvgIpc) is 2.33. The van der Waals surface area contributed by atoms with Gasteiger partial charge in [-0.05, 0) is 19.3 Å². The molecule has 13 heavy (non-hydrogen) atoms. The second-order valence-electron chi connectivity index (χ2n) is 3.59. The highest BCUT2D eigenvalue weighted by Gasteiger charge is 2.08. The van der Waals surface area contributed by atoms with Crippen LogP contribution in [0.1, 0.15) is 27.2 Å². The van der Waals surface area contributed by atoms with Gasteiger partial charge in [0.25, 0.3) is 5.19 Å². The first-order valence-corrected chi connectivity index (χ1v) is 5.27. The summed E-state index contributed by atoms with van der Waals surface area (Å²) < 4.78 is 5.57. The lowest BCUT2D eigenvalue weighted by atomic mass is 10.1. The van der Waals surface area contributed by atoms with Gasteiger partial charge in [0, 0.05) is 0 Å². The Morgan fingerprint density at radius 3 is 2.69 bits per heavy atom. The lowest BCUT2D eigenvalue weighted by molar-refractivity contribution is 0.192. The van der Waals surface area contributed by atoms with E-state index in [1.165, 1.54) is 11.3 Å². The third-order valence-corrected chi connectivity index (χ3v) is 2.33. The summed E-state index contributed by atoms with van der Waals surface area (Å²) in [6, 6.07) is 0. The monoisotopic (exact) mass is 200 g/mol. The molecular formula is C9H16N2OS. The first-order valence-electron chi connectivity index (χ1n) is 4.46. The minimum atomic E-state index is 0.213. The molecule has 0 spiro atoms. The molecule has 0 aliphatic carbocycles. The topological polar surface area (TPSA) is 48.1 Å². The molecule has 0 bridgehead atoms. The Labute approximate surface area is 82.9 Å². The third kappa shape index (κ3) is 3.63. The predicted molar refractivity (Wildman–Crippen MR) is 56.1 cm³/mol. The molecule has 1 aromatic rings. The number of thiazole rings is 1. The van der Waals surface area contributed by atoms with Crippen molar-refractivity contribution in [2.75, 3.05) is 5.73 Å². The molecule has 0 aliphatic heterocycles. The van der Waals surface area contributed by atoms with Gasteiger partial charge in [-0.25, -0.2) is 4.98 Å². The van der Waals surface area contributed by atoms with E-state index in [0.717, 1.165) is 6.42 Å². The highest BCUT2D eigenvalue weighted by atomic mass is 32.1. The SMILES string of the molecule is CC(C)CC(C)Oc1ncc(N)s1. The number of aromatic nitrogens is 1. The molecule has 0 fully saturated rings. The second-order valence-corrected chi connectivity index (χ2v) is 4.61. The van der Waals surface area contributed by atoms with Gasteiger partial charge in [0.05, 0.1) is 12.3 Å². The maximum atomic E-state index is 5.57. The number of hydrogen-bond acceptors (Lipinski definition) is 4. The fourth-order valence-electron chi connectivity index (χ4n) is 1.21. The number of nitrogens with zero attached hydrogens (tertiary/aromatic N) is 1. The molecule has 3 nitrogen and oxygen atoms in total. The lowest BCUT2D eigenvalue weighted by Crippen LogP contribution is -2.14. The van der Waals surface area contributed by atoms with E-state index < -0.39 is 0 Å². The van der Waals surface area contributed by atoms with Gasteiger partial charge >= 0.3 is 0 Å². The van der Waals surface area contributed by atoms with Gasteiger partial charge in [0.1, 0.15) is 5.00 Å². The zero-order valence-corrected chi connectivity index (χ0v) is 9.10. The molecule has 1 unspecified atom stereocenters. The molecule has 74 valence electrons. The van der Waals surface area contributed by atoms with Crippen LogP contribution in [0.25, 0.3) is 0 Å². The van der Waals surface area contributed by atoms with Crippen molar-refractivity contribution in [2.24, 2.45) is 5.92 Å². The van der Waals surface area contributed by atoms with Crippen LogP contribution in [0, 0.1) is 5.92 Å². The number of hydrogen-bond donors (Lipinski definition) is 1. The fraction of sp³-hybridized carbons (Fsp3) is 0.667. The number of rotatable bonds is 4. The van der Waals surface area contributed by atoms with Crippen molar-refractivity contribution in [3.63, 3.8) is 0 Å². The highest BCUT2D eigenvalue weighted by molar-refractivity contribution is 7.17. The van der Waals surface area contributed by atoms with E-state index in [4.69, 9.17) is 10.5 Å². The second kappa shape index (κ2) is 4.46. The fourth-order valence-corrected chi connectivity index (χ4v) is 1.83. The summed E-state index contributed by atoms with van der Waals surface area (Å²) in [4.78, 5) is 4.03. The van der Waals surface area contributed by atoms with Crippen LogP contribution >= 0.6 is 11.3 Å². The minimum absolute atomic E-state index is 0.213. The average molecular weight is 200 g/mol. The van der Waals surface area contributed by atoms with Crippen molar-refractivity contribution < 1.29 is 4.74 Å². The maximum absolute atomic E-state index is 5.57. The first kappa shape index (κ1) is 10.3. The van der Waals surface area contributed by atoms with Crippen molar-refractivity contribution in [2.45, 2.75) is 33.3 Å². The Balaban J connectivity index is 2.40. The van der Waals surface area contributed by atoms with Crippen LogP contribution in [0.4, 0.5) is 5.00 Å². The largest absolute Gasteiger partial charge is 0.467 e. The third-order valence-electron chi connectivity index (χ3n) is 1.61. The summed E-state index contributed by atoms with van der Waals surface area (Å²) in [5.41, 5.74) is 5.53. The predicted octanol–water partition coefficient (Wildman–Crippen LogP) is 2.54. The molecule has 1 heterocycles. The standard InChI is InChI=1S/C9H16N2OS/c1-6(2)4-7(3)12-9-11-5-8(10)13-9/h5-7H,4,10H2,1-3H3. The van der Waals surface area contributed by atoms with Crippen LogP contribution in [0.5, 0.6) is 5.19 Å². The number of anilines is 1. The Morgan fingerprint density at radius 2 is 2.23 bits per heavy atom. The Morgan fingerprint density at radius 1 is 1.54 bits per heavy atom. The van der Waals surface area contributed by atoms with Crippen molar-refractivity contribution in [3.05, 3.63) is 6.20 Å². The smallest absolute Gasteiger partial charge is 0.275 e. The lowest BCUT2D eigenvalue weighted by Gasteiger charge is -2.13. The van der Waals surface area contributed by atoms with Crippen molar-refractivity contribution in [1.82, 2.24) is 4.98 Å². The van der Waals surface area contributed by atoms with Gasteiger partial charge in [-0.15, -0.1) is 0 Å². The maximum Gasteiger partial charge on any atom is 0.275 e. The van der Waals surface area contributed by atoms with Gasteiger partial charge in [-0.3, -0.25) is 0 Å². The number of nitrogen functional groups attached to an aromatic ring is 1. The Hall–Kier alpha value is -0.770. The summed E-state index contributed by atoms with van der Waals surface area (Å²) in [6.07, 6.45) is 2.88. The van der Waals surface area contributed by atoms with E-state index in [1.807, 2.05) is 0 Å². The zero-order chi connectivity index (χ0) is 9.84. The summed E-state index contributed by atoms with van der Waals surface area (Å²) in [5.74, 6) is 0.646. The van der Waals surface area contributed by atoms with Crippen LogP contribution in [0.3, 0.4) is 0 Å². The van der Waals surface area contributed by atoms with Gasteiger partial charge in [-0.2, -0.15) is 0 Å². The van der Waals surface area contributed by atoms with E-state index in [0.29, 0.717) is 16.1 Å². The first-order chi connectivity index (χ1) is 6.08. The van der Waals surface area contributed by atoms with E-state index in [9.17, 15) is 0 Å². The Bertz CT molecular complexity index is 260. The zero-order valence-electron chi connectivity index (χ0n) is 8.28.